The van der Waals surface area contributed by atoms with Crippen molar-refractivity contribution in [1.82, 2.24) is 0 Å². The first-order valence-corrected chi connectivity index (χ1v) is 3.84. The first-order chi connectivity index (χ1) is 5.93. The standard InChI is InChI=1S/C10H12N2.ClH/c11-7-4-8-12-9-10-5-2-1-3-6-10;/h1-8H,9,11H2;1H. The minimum absolute atomic E-state index is 0. The molecule has 0 aliphatic heterocycles. The van der Waals surface area contributed by atoms with Gasteiger partial charge in [-0.25, -0.2) is 0 Å². The van der Waals surface area contributed by atoms with Crippen LogP contribution in [0.4, 0.5) is 0 Å². The van der Waals surface area contributed by atoms with Gasteiger partial charge in [-0.3, -0.25) is 4.99 Å². The second-order valence-electron chi connectivity index (χ2n) is 2.36. The lowest BCUT2D eigenvalue weighted by Gasteiger charge is -1.92. The Labute approximate surface area is 84.6 Å². The first-order valence-electron chi connectivity index (χ1n) is 3.84. The van der Waals surface area contributed by atoms with E-state index in [1.165, 1.54) is 11.8 Å². The van der Waals surface area contributed by atoms with Crippen LogP contribution in [0.3, 0.4) is 0 Å². The predicted octanol–water partition coefficient (Wildman–Crippen LogP) is 2.15. The Morgan fingerprint density at radius 2 is 1.92 bits per heavy atom. The molecular formula is C10H13ClN2. The Balaban J connectivity index is 0.00000144. The summed E-state index contributed by atoms with van der Waals surface area (Å²) in [6.07, 6.45) is 4.88. The van der Waals surface area contributed by atoms with Crippen molar-refractivity contribution in [2.75, 3.05) is 0 Å². The fraction of sp³-hybridized carbons (Fsp3) is 0.100. The largest absolute Gasteiger partial charge is 0.405 e. The van der Waals surface area contributed by atoms with Crippen molar-refractivity contribution in [3.63, 3.8) is 0 Å². The van der Waals surface area contributed by atoms with Crippen LogP contribution in [0.5, 0.6) is 0 Å². The van der Waals surface area contributed by atoms with E-state index in [-0.39, 0.29) is 12.4 Å². The molecule has 0 saturated heterocycles. The van der Waals surface area contributed by atoms with Gasteiger partial charge in [-0.1, -0.05) is 30.3 Å². The van der Waals surface area contributed by atoms with Crippen LogP contribution >= 0.6 is 12.4 Å². The highest BCUT2D eigenvalue weighted by Gasteiger charge is 1.84. The van der Waals surface area contributed by atoms with E-state index < -0.39 is 0 Å². The van der Waals surface area contributed by atoms with Crippen LogP contribution < -0.4 is 5.73 Å². The molecule has 13 heavy (non-hydrogen) atoms. The number of hydrogen-bond donors (Lipinski definition) is 1. The van der Waals surface area contributed by atoms with Gasteiger partial charge >= 0.3 is 0 Å². The number of halogens is 1. The van der Waals surface area contributed by atoms with Crippen molar-refractivity contribution in [1.29, 1.82) is 0 Å². The summed E-state index contributed by atoms with van der Waals surface area (Å²) in [4.78, 5) is 4.14. The molecule has 0 aromatic heterocycles. The lowest BCUT2D eigenvalue weighted by molar-refractivity contribution is 1.08. The number of rotatable bonds is 3. The molecule has 0 unspecified atom stereocenters. The van der Waals surface area contributed by atoms with E-state index in [1.807, 2.05) is 30.3 Å². The highest BCUT2D eigenvalue weighted by Crippen LogP contribution is 1.98. The van der Waals surface area contributed by atoms with E-state index in [0.29, 0.717) is 6.54 Å². The molecule has 0 spiro atoms. The van der Waals surface area contributed by atoms with Crippen LogP contribution in [-0.2, 0) is 6.54 Å². The Morgan fingerprint density at radius 3 is 2.54 bits per heavy atom. The first kappa shape index (κ1) is 11.7. The Morgan fingerprint density at radius 1 is 1.23 bits per heavy atom. The molecule has 0 aliphatic carbocycles. The average Bonchev–Trinajstić information content (AvgIpc) is 2.14. The number of aliphatic imine (C=N–C) groups is 1. The number of nitrogens with two attached hydrogens (primary N) is 1. The highest BCUT2D eigenvalue weighted by atomic mass is 35.5. The van der Waals surface area contributed by atoms with Crippen LogP contribution in [0.15, 0.2) is 47.6 Å². The van der Waals surface area contributed by atoms with Gasteiger partial charge in [-0.05, 0) is 17.8 Å². The van der Waals surface area contributed by atoms with Crippen LogP contribution in [0.25, 0.3) is 0 Å². The van der Waals surface area contributed by atoms with Gasteiger partial charge in [-0.15, -0.1) is 12.4 Å². The number of allylic oxidation sites excluding steroid dienone is 1. The second kappa shape index (κ2) is 7.37. The molecule has 2 N–H and O–H groups in total. The van der Waals surface area contributed by atoms with Gasteiger partial charge in [0.25, 0.3) is 0 Å². The Bertz CT molecular complexity index is 268. The fourth-order valence-electron chi connectivity index (χ4n) is 0.852. The minimum Gasteiger partial charge on any atom is -0.405 e. The molecule has 0 aliphatic rings. The zero-order chi connectivity index (χ0) is 8.65. The summed E-state index contributed by atoms with van der Waals surface area (Å²) in [5.41, 5.74) is 6.34. The summed E-state index contributed by atoms with van der Waals surface area (Å²) in [7, 11) is 0. The van der Waals surface area contributed by atoms with Crippen molar-refractivity contribution in [3.8, 4) is 0 Å². The maximum Gasteiger partial charge on any atom is 0.0639 e. The average molecular weight is 197 g/mol. The van der Waals surface area contributed by atoms with Crippen molar-refractivity contribution in [2.24, 2.45) is 10.7 Å². The molecule has 2 nitrogen and oxygen atoms in total. The van der Waals surface area contributed by atoms with Crippen molar-refractivity contribution >= 4 is 18.6 Å². The van der Waals surface area contributed by atoms with E-state index in [0.717, 1.165) is 0 Å². The Hall–Kier alpha value is -1.28. The van der Waals surface area contributed by atoms with Gasteiger partial charge in [0, 0.05) is 6.21 Å². The molecule has 0 fully saturated rings. The van der Waals surface area contributed by atoms with E-state index in [9.17, 15) is 0 Å². The molecule has 70 valence electrons. The molecule has 0 saturated carbocycles. The van der Waals surface area contributed by atoms with Crippen molar-refractivity contribution < 1.29 is 0 Å². The summed E-state index contributed by atoms with van der Waals surface area (Å²) in [6.45, 7) is 0.713. The van der Waals surface area contributed by atoms with Gasteiger partial charge in [0.15, 0.2) is 0 Å². The summed E-state index contributed by atoms with van der Waals surface area (Å²) < 4.78 is 0. The molecule has 3 heteroatoms. The van der Waals surface area contributed by atoms with Gasteiger partial charge in [-0.2, -0.15) is 0 Å². The number of hydrogen-bond acceptors (Lipinski definition) is 2. The molecule has 0 radical (unpaired) electrons. The van der Waals surface area contributed by atoms with E-state index in [2.05, 4.69) is 4.99 Å². The van der Waals surface area contributed by atoms with Crippen LogP contribution in [-0.4, -0.2) is 6.21 Å². The third-order valence-corrected chi connectivity index (χ3v) is 1.42. The van der Waals surface area contributed by atoms with E-state index in [4.69, 9.17) is 5.73 Å². The maximum absolute atomic E-state index is 5.14. The van der Waals surface area contributed by atoms with Crippen molar-refractivity contribution in [3.05, 3.63) is 48.2 Å². The Kier molecular flexibility index (Phi) is 6.65. The fourth-order valence-corrected chi connectivity index (χ4v) is 0.852. The summed E-state index contributed by atoms with van der Waals surface area (Å²) >= 11 is 0. The van der Waals surface area contributed by atoms with Gasteiger partial charge in [0.2, 0.25) is 0 Å². The van der Waals surface area contributed by atoms with Crippen LogP contribution in [0.2, 0.25) is 0 Å². The predicted molar refractivity (Wildman–Crippen MR) is 59.2 cm³/mol. The SMILES string of the molecule is Cl.NC=CC=NCc1ccccc1. The van der Waals surface area contributed by atoms with Crippen LogP contribution in [0, 0.1) is 0 Å². The van der Waals surface area contributed by atoms with Gasteiger partial charge < -0.3 is 5.73 Å². The molecule has 0 amide bonds. The molecule has 1 rings (SSSR count). The molecular weight excluding hydrogens is 184 g/mol. The summed E-state index contributed by atoms with van der Waals surface area (Å²) in [5, 5.41) is 0. The van der Waals surface area contributed by atoms with E-state index in [1.54, 1.807) is 12.3 Å². The lowest BCUT2D eigenvalue weighted by atomic mass is 10.2. The molecule has 1 aromatic carbocycles. The summed E-state index contributed by atoms with van der Waals surface area (Å²) in [5.74, 6) is 0. The zero-order valence-corrected chi connectivity index (χ0v) is 8.08. The summed E-state index contributed by atoms with van der Waals surface area (Å²) in [6, 6.07) is 10.1. The van der Waals surface area contributed by atoms with Gasteiger partial charge in [0.05, 0.1) is 6.54 Å². The van der Waals surface area contributed by atoms with Crippen molar-refractivity contribution in [2.45, 2.75) is 6.54 Å². The monoisotopic (exact) mass is 196 g/mol. The normalized spacial score (nSPS) is 10.5. The van der Waals surface area contributed by atoms with E-state index >= 15 is 0 Å². The zero-order valence-electron chi connectivity index (χ0n) is 7.26. The second-order valence-corrected chi connectivity index (χ2v) is 2.36. The quantitative estimate of drug-likeness (QED) is 0.740. The molecule has 0 atom stereocenters. The topological polar surface area (TPSA) is 38.4 Å². The maximum atomic E-state index is 5.14. The molecule has 0 bridgehead atoms. The van der Waals surface area contributed by atoms with Gasteiger partial charge in [0.1, 0.15) is 0 Å². The minimum atomic E-state index is 0. The smallest absolute Gasteiger partial charge is 0.0639 e. The lowest BCUT2D eigenvalue weighted by Crippen LogP contribution is -1.80. The van der Waals surface area contributed by atoms with Crippen LogP contribution in [0.1, 0.15) is 5.56 Å². The number of benzene rings is 1. The third kappa shape index (κ3) is 5.04. The highest BCUT2D eigenvalue weighted by molar-refractivity contribution is 5.85. The molecule has 1 aromatic rings. The molecule has 0 heterocycles. The number of nitrogens with zero attached hydrogens (tertiary/aromatic N) is 1. The third-order valence-electron chi connectivity index (χ3n) is 1.42.